The molecule has 0 spiro atoms. The first-order valence-electron chi connectivity index (χ1n) is 6.55. The van der Waals surface area contributed by atoms with Crippen molar-refractivity contribution in [2.45, 2.75) is 39.3 Å². The summed E-state index contributed by atoms with van der Waals surface area (Å²) in [6.07, 6.45) is 4.48. The zero-order valence-electron chi connectivity index (χ0n) is 11.2. The minimum Gasteiger partial charge on any atom is -0.480 e. The van der Waals surface area contributed by atoms with E-state index in [0.717, 1.165) is 13.0 Å². The average molecular weight is 265 g/mol. The molecule has 104 valence electrons. The Morgan fingerprint density at radius 1 is 1.53 bits per heavy atom. The number of rotatable bonds is 4. The number of carboxylic acid groups (broad SMARTS) is 1. The Labute approximate surface area is 112 Å². The first-order valence-corrected chi connectivity index (χ1v) is 6.55. The Bertz CT molecular complexity index is 481. The van der Waals surface area contributed by atoms with Gasteiger partial charge in [0.25, 0.3) is 5.91 Å². The molecule has 19 heavy (non-hydrogen) atoms. The minimum absolute atomic E-state index is 0.236. The Morgan fingerprint density at radius 3 is 2.89 bits per heavy atom. The molecule has 2 heterocycles. The van der Waals surface area contributed by atoms with Gasteiger partial charge < -0.3 is 10.0 Å². The van der Waals surface area contributed by atoms with Crippen LogP contribution in [-0.2, 0) is 11.3 Å². The largest absolute Gasteiger partial charge is 0.480 e. The number of aliphatic carboxylic acids is 1. The van der Waals surface area contributed by atoms with E-state index in [4.69, 9.17) is 5.11 Å². The van der Waals surface area contributed by atoms with Crippen LogP contribution in [0, 0.1) is 5.92 Å². The molecule has 6 nitrogen and oxygen atoms in total. The lowest BCUT2D eigenvalue weighted by Gasteiger charge is -2.20. The summed E-state index contributed by atoms with van der Waals surface area (Å²) in [5.74, 6) is -0.721. The number of hydrogen-bond donors (Lipinski definition) is 1. The van der Waals surface area contributed by atoms with Gasteiger partial charge in [-0.2, -0.15) is 5.10 Å². The monoisotopic (exact) mass is 265 g/mol. The van der Waals surface area contributed by atoms with Crippen LogP contribution in [0.1, 0.15) is 37.0 Å². The van der Waals surface area contributed by atoms with Crippen molar-refractivity contribution in [1.82, 2.24) is 14.7 Å². The molecule has 1 aromatic rings. The summed E-state index contributed by atoms with van der Waals surface area (Å²) in [4.78, 5) is 24.8. The molecule has 0 saturated carbocycles. The lowest BCUT2D eigenvalue weighted by molar-refractivity contribution is -0.141. The lowest BCUT2D eigenvalue weighted by Crippen LogP contribution is -2.40. The van der Waals surface area contributed by atoms with Crippen molar-refractivity contribution in [2.24, 2.45) is 5.92 Å². The van der Waals surface area contributed by atoms with Gasteiger partial charge in [-0.25, -0.2) is 4.79 Å². The van der Waals surface area contributed by atoms with E-state index in [1.807, 2.05) is 0 Å². The van der Waals surface area contributed by atoms with Gasteiger partial charge in [0.15, 0.2) is 0 Å². The maximum atomic E-state index is 12.3. The van der Waals surface area contributed by atoms with E-state index in [2.05, 4.69) is 18.9 Å². The van der Waals surface area contributed by atoms with Crippen LogP contribution in [0.4, 0.5) is 0 Å². The summed E-state index contributed by atoms with van der Waals surface area (Å²) in [5, 5.41) is 13.2. The van der Waals surface area contributed by atoms with Crippen molar-refractivity contribution in [2.75, 3.05) is 6.54 Å². The zero-order valence-corrected chi connectivity index (χ0v) is 11.2. The molecule has 1 aliphatic rings. The second-order valence-corrected chi connectivity index (χ2v) is 5.34. The summed E-state index contributed by atoms with van der Waals surface area (Å²) in [7, 11) is 0. The summed E-state index contributed by atoms with van der Waals surface area (Å²) in [6.45, 7) is 5.40. The van der Waals surface area contributed by atoms with Gasteiger partial charge in [0.2, 0.25) is 0 Å². The molecule has 0 aliphatic carbocycles. The van der Waals surface area contributed by atoms with Crippen LogP contribution in [0.15, 0.2) is 12.4 Å². The normalized spacial score (nSPS) is 19.1. The molecular formula is C13H19N3O3. The zero-order chi connectivity index (χ0) is 14.0. The fourth-order valence-electron chi connectivity index (χ4n) is 2.38. The number of carboxylic acids is 1. The number of likely N-dealkylation sites (tertiary alicyclic amines) is 1. The molecule has 1 saturated heterocycles. The molecule has 1 fully saturated rings. The SMILES string of the molecule is CC(C)Cn1cc(C(=O)N2CCC[C@@H]2C(=O)O)cn1. The van der Waals surface area contributed by atoms with Crippen molar-refractivity contribution >= 4 is 11.9 Å². The van der Waals surface area contributed by atoms with Crippen molar-refractivity contribution in [1.29, 1.82) is 0 Å². The molecule has 0 bridgehead atoms. The van der Waals surface area contributed by atoms with Gasteiger partial charge in [0.1, 0.15) is 6.04 Å². The topological polar surface area (TPSA) is 75.4 Å². The maximum Gasteiger partial charge on any atom is 0.326 e. The van der Waals surface area contributed by atoms with Crippen LogP contribution in [0.5, 0.6) is 0 Å². The standard InChI is InChI=1S/C13H19N3O3/c1-9(2)7-15-8-10(6-14-15)12(17)16-5-3-4-11(16)13(18)19/h6,8-9,11H,3-5,7H2,1-2H3,(H,18,19)/t11-/m1/s1. The van der Waals surface area contributed by atoms with Gasteiger partial charge in [-0.3, -0.25) is 9.48 Å². The van der Waals surface area contributed by atoms with E-state index in [1.54, 1.807) is 10.9 Å². The molecule has 1 aromatic heterocycles. The second-order valence-electron chi connectivity index (χ2n) is 5.34. The molecule has 0 radical (unpaired) electrons. The Balaban J connectivity index is 2.11. The van der Waals surface area contributed by atoms with Gasteiger partial charge in [-0.15, -0.1) is 0 Å². The average Bonchev–Trinajstić information content (AvgIpc) is 2.94. The van der Waals surface area contributed by atoms with Crippen molar-refractivity contribution < 1.29 is 14.7 Å². The third-order valence-corrected chi connectivity index (χ3v) is 3.23. The quantitative estimate of drug-likeness (QED) is 0.888. The highest BCUT2D eigenvalue weighted by Gasteiger charge is 2.34. The number of aromatic nitrogens is 2. The maximum absolute atomic E-state index is 12.3. The van der Waals surface area contributed by atoms with Crippen molar-refractivity contribution in [3.8, 4) is 0 Å². The van der Waals surface area contributed by atoms with Crippen LogP contribution in [0.25, 0.3) is 0 Å². The molecule has 1 N–H and O–H groups in total. The minimum atomic E-state index is -0.930. The molecule has 1 atom stereocenters. The highest BCUT2D eigenvalue weighted by atomic mass is 16.4. The predicted molar refractivity (Wildman–Crippen MR) is 68.8 cm³/mol. The first-order chi connectivity index (χ1) is 8.99. The molecule has 1 aliphatic heterocycles. The third kappa shape index (κ3) is 2.94. The molecule has 1 amide bonds. The van der Waals surface area contributed by atoms with E-state index in [1.165, 1.54) is 11.1 Å². The van der Waals surface area contributed by atoms with Gasteiger partial charge in [-0.05, 0) is 18.8 Å². The van der Waals surface area contributed by atoms with Gasteiger partial charge in [0, 0.05) is 19.3 Å². The summed E-state index contributed by atoms with van der Waals surface area (Å²) in [6, 6.07) is -0.694. The summed E-state index contributed by atoms with van der Waals surface area (Å²) < 4.78 is 1.73. The van der Waals surface area contributed by atoms with Gasteiger partial charge in [-0.1, -0.05) is 13.8 Å². The Hall–Kier alpha value is -1.85. The summed E-state index contributed by atoms with van der Waals surface area (Å²) >= 11 is 0. The lowest BCUT2D eigenvalue weighted by atomic mass is 10.2. The van der Waals surface area contributed by atoms with E-state index in [-0.39, 0.29) is 5.91 Å². The number of hydrogen-bond acceptors (Lipinski definition) is 3. The number of nitrogens with zero attached hydrogens (tertiary/aromatic N) is 3. The Morgan fingerprint density at radius 2 is 2.26 bits per heavy atom. The third-order valence-electron chi connectivity index (χ3n) is 3.23. The summed E-state index contributed by atoms with van der Waals surface area (Å²) in [5.41, 5.74) is 0.466. The first kappa shape index (κ1) is 13.6. The van der Waals surface area contributed by atoms with E-state index in [0.29, 0.717) is 24.4 Å². The van der Waals surface area contributed by atoms with Gasteiger partial charge in [0.05, 0.1) is 11.8 Å². The molecule has 6 heteroatoms. The van der Waals surface area contributed by atoms with Gasteiger partial charge >= 0.3 is 5.97 Å². The Kier molecular flexibility index (Phi) is 3.87. The van der Waals surface area contributed by atoms with Crippen molar-refractivity contribution in [3.63, 3.8) is 0 Å². The molecule has 2 rings (SSSR count). The smallest absolute Gasteiger partial charge is 0.326 e. The van der Waals surface area contributed by atoms with Crippen LogP contribution >= 0.6 is 0 Å². The van der Waals surface area contributed by atoms with Crippen molar-refractivity contribution in [3.05, 3.63) is 18.0 Å². The second kappa shape index (κ2) is 5.42. The van der Waals surface area contributed by atoms with Crippen LogP contribution in [-0.4, -0.2) is 44.3 Å². The molecule has 0 aromatic carbocycles. The van der Waals surface area contributed by atoms with E-state index >= 15 is 0 Å². The fourth-order valence-corrected chi connectivity index (χ4v) is 2.38. The van der Waals surface area contributed by atoms with Crippen LogP contribution < -0.4 is 0 Å². The number of carbonyl (C=O) groups excluding carboxylic acids is 1. The van der Waals surface area contributed by atoms with E-state index < -0.39 is 12.0 Å². The number of carbonyl (C=O) groups is 2. The molecule has 0 unspecified atom stereocenters. The van der Waals surface area contributed by atoms with Crippen LogP contribution in [0.3, 0.4) is 0 Å². The highest BCUT2D eigenvalue weighted by molar-refractivity contribution is 5.96. The highest BCUT2D eigenvalue weighted by Crippen LogP contribution is 2.20. The number of amides is 1. The predicted octanol–water partition coefficient (Wildman–Crippen LogP) is 1.23. The van der Waals surface area contributed by atoms with Crippen LogP contribution in [0.2, 0.25) is 0 Å². The molecular weight excluding hydrogens is 246 g/mol. The fraction of sp³-hybridized carbons (Fsp3) is 0.615. The van der Waals surface area contributed by atoms with E-state index in [9.17, 15) is 9.59 Å².